The summed E-state index contributed by atoms with van der Waals surface area (Å²) in [7, 11) is 3.08. The van der Waals surface area contributed by atoms with Gasteiger partial charge in [-0.25, -0.2) is 0 Å². The Bertz CT molecular complexity index is 1290. The molecule has 0 aromatic heterocycles. The van der Waals surface area contributed by atoms with Gasteiger partial charge in [-0.2, -0.15) is 0 Å². The predicted octanol–water partition coefficient (Wildman–Crippen LogP) is 5.63. The van der Waals surface area contributed by atoms with E-state index in [2.05, 4.69) is 20.8 Å². The number of aliphatic hydroxyl groups excluding tert-OH is 1. The molecule has 1 atom stereocenters. The second-order valence-corrected chi connectivity index (χ2v) is 9.44. The van der Waals surface area contributed by atoms with E-state index in [9.17, 15) is 14.7 Å². The molecule has 1 amide bonds. The van der Waals surface area contributed by atoms with Gasteiger partial charge in [-0.05, 0) is 52.9 Å². The maximum absolute atomic E-state index is 13.4. The normalized spacial score (nSPS) is 17.5. The van der Waals surface area contributed by atoms with Gasteiger partial charge in [-0.3, -0.25) is 14.5 Å². The summed E-state index contributed by atoms with van der Waals surface area (Å²) in [5.74, 6) is -0.676. The zero-order valence-corrected chi connectivity index (χ0v) is 20.5. The summed E-state index contributed by atoms with van der Waals surface area (Å²) in [6.07, 6.45) is 0. The van der Waals surface area contributed by atoms with Crippen LogP contribution in [0.15, 0.2) is 78.4 Å². The lowest BCUT2D eigenvalue weighted by atomic mass is 9.85. The van der Waals surface area contributed by atoms with Gasteiger partial charge >= 0.3 is 0 Å². The predicted molar refractivity (Wildman–Crippen MR) is 136 cm³/mol. The summed E-state index contributed by atoms with van der Waals surface area (Å²) >= 11 is 0. The van der Waals surface area contributed by atoms with Crippen molar-refractivity contribution in [2.45, 2.75) is 32.2 Å². The summed E-state index contributed by atoms with van der Waals surface area (Å²) in [6.45, 7) is 6.18. The maximum atomic E-state index is 13.4. The number of hydrogen-bond donors (Lipinski definition) is 1. The number of carbonyl (C=O) groups is 2. The summed E-state index contributed by atoms with van der Waals surface area (Å²) < 4.78 is 10.8. The highest BCUT2D eigenvalue weighted by atomic mass is 16.5. The summed E-state index contributed by atoms with van der Waals surface area (Å²) in [5.41, 5.74) is 2.36. The lowest BCUT2D eigenvalue weighted by Crippen LogP contribution is -2.29. The highest BCUT2D eigenvalue weighted by Gasteiger charge is 2.47. The van der Waals surface area contributed by atoms with Crippen LogP contribution in [-0.2, 0) is 15.0 Å². The van der Waals surface area contributed by atoms with Gasteiger partial charge in [0.1, 0.15) is 17.3 Å². The molecule has 1 N–H and O–H groups in total. The molecule has 4 rings (SSSR count). The maximum Gasteiger partial charge on any atom is 0.300 e. The van der Waals surface area contributed by atoms with E-state index >= 15 is 0 Å². The first kappa shape index (κ1) is 24.1. The monoisotopic (exact) mass is 471 g/mol. The number of para-hydroxylation sites is 1. The highest BCUT2D eigenvalue weighted by molar-refractivity contribution is 6.51. The van der Waals surface area contributed by atoms with Crippen LogP contribution in [0.2, 0.25) is 0 Å². The molecule has 3 aromatic carbocycles. The van der Waals surface area contributed by atoms with Crippen LogP contribution in [0.4, 0.5) is 5.69 Å². The van der Waals surface area contributed by atoms with Crippen LogP contribution in [-0.4, -0.2) is 31.0 Å². The van der Waals surface area contributed by atoms with Crippen molar-refractivity contribution in [2.24, 2.45) is 0 Å². The SMILES string of the molecule is COc1ccc(C2/C(=C(\O)c3cc(C(C)(C)C)ccc3OC)C(=O)C(=O)N2c2ccccc2)cc1. The number of amides is 1. The number of benzene rings is 3. The van der Waals surface area contributed by atoms with Crippen LogP contribution in [0.3, 0.4) is 0 Å². The van der Waals surface area contributed by atoms with Crippen molar-refractivity contribution in [3.05, 3.63) is 95.1 Å². The van der Waals surface area contributed by atoms with Gasteiger partial charge in [0, 0.05) is 5.69 Å². The van der Waals surface area contributed by atoms with Gasteiger partial charge in [-0.1, -0.05) is 57.2 Å². The highest BCUT2D eigenvalue weighted by Crippen LogP contribution is 2.44. The minimum Gasteiger partial charge on any atom is -0.507 e. The standard InChI is InChI=1S/C29H29NO5/c1-29(2,3)19-13-16-23(35-5)22(17-19)26(31)24-25(18-11-14-21(34-4)15-12-18)30(28(33)27(24)32)20-9-7-6-8-10-20/h6-17,25,31H,1-5H3/b26-24+. The molecule has 3 aromatic rings. The van der Waals surface area contributed by atoms with E-state index in [1.54, 1.807) is 61.7 Å². The second-order valence-electron chi connectivity index (χ2n) is 9.44. The summed E-state index contributed by atoms with van der Waals surface area (Å²) in [4.78, 5) is 28.2. The fraction of sp³-hybridized carbons (Fsp3) is 0.241. The molecule has 1 saturated heterocycles. The molecule has 0 saturated carbocycles. The minimum absolute atomic E-state index is 0.00776. The number of aliphatic hydroxyl groups is 1. The first-order valence-corrected chi connectivity index (χ1v) is 11.4. The van der Waals surface area contributed by atoms with E-state index in [4.69, 9.17) is 9.47 Å². The van der Waals surface area contributed by atoms with Crippen LogP contribution in [0.5, 0.6) is 11.5 Å². The number of rotatable bonds is 5. The van der Waals surface area contributed by atoms with E-state index in [1.807, 2.05) is 18.2 Å². The number of Topliss-reactive ketones (excluding diaryl/α,β-unsaturated/α-hetero) is 1. The molecule has 1 aliphatic rings. The molecule has 0 bridgehead atoms. The Morgan fingerprint density at radius 1 is 0.886 bits per heavy atom. The van der Waals surface area contributed by atoms with Crippen molar-refractivity contribution < 1.29 is 24.2 Å². The number of hydrogen-bond acceptors (Lipinski definition) is 5. The Morgan fingerprint density at radius 2 is 1.54 bits per heavy atom. The van der Waals surface area contributed by atoms with Gasteiger partial charge in [-0.15, -0.1) is 0 Å². The molecule has 1 fully saturated rings. The molecular formula is C29H29NO5. The van der Waals surface area contributed by atoms with Crippen molar-refractivity contribution in [3.63, 3.8) is 0 Å². The van der Waals surface area contributed by atoms with Crippen molar-refractivity contribution >= 4 is 23.1 Å². The van der Waals surface area contributed by atoms with Crippen LogP contribution in [0.1, 0.15) is 43.5 Å². The summed E-state index contributed by atoms with van der Waals surface area (Å²) in [6, 6.07) is 20.8. The molecular weight excluding hydrogens is 442 g/mol. The number of nitrogens with zero attached hydrogens (tertiary/aromatic N) is 1. The van der Waals surface area contributed by atoms with Crippen LogP contribution in [0, 0.1) is 0 Å². The molecule has 180 valence electrons. The third-order valence-corrected chi connectivity index (χ3v) is 6.23. The van der Waals surface area contributed by atoms with Gasteiger partial charge in [0.15, 0.2) is 0 Å². The zero-order valence-electron chi connectivity index (χ0n) is 20.5. The van der Waals surface area contributed by atoms with Crippen LogP contribution in [0.25, 0.3) is 5.76 Å². The van der Waals surface area contributed by atoms with E-state index in [0.29, 0.717) is 28.3 Å². The topological polar surface area (TPSA) is 76.1 Å². The van der Waals surface area contributed by atoms with E-state index in [-0.39, 0.29) is 16.7 Å². The molecule has 6 heteroatoms. The Morgan fingerprint density at radius 3 is 2.11 bits per heavy atom. The third kappa shape index (κ3) is 4.39. The molecule has 0 spiro atoms. The number of ether oxygens (including phenoxy) is 2. The molecule has 1 heterocycles. The third-order valence-electron chi connectivity index (χ3n) is 6.23. The lowest BCUT2D eigenvalue weighted by Gasteiger charge is -2.26. The first-order chi connectivity index (χ1) is 16.7. The van der Waals surface area contributed by atoms with E-state index in [1.165, 1.54) is 12.0 Å². The van der Waals surface area contributed by atoms with E-state index < -0.39 is 17.7 Å². The average Bonchev–Trinajstić information content (AvgIpc) is 3.13. The molecule has 0 radical (unpaired) electrons. The average molecular weight is 472 g/mol. The molecule has 35 heavy (non-hydrogen) atoms. The van der Waals surface area contributed by atoms with Crippen molar-refractivity contribution in [1.82, 2.24) is 0 Å². The Kier molecular flexibility index (Phi) is 6.39. The first-order valence-electron chi connectivity index (χ1n) is 11.4. The lowest BCUT2D eigenvalue weighted by molar-refractivity contribution is -0.132. The van der Waals surface area contributed by atoms with Gasteiger partial charge in [0.25, 0.3) is 11.7 Å². The smallest absolute Gasteiger partial charge is 0.300 e. The van der Waals surface area contributed by atoms with Crippen molar-refractivity contribution in [1.29, 1.82) is 0 Å². The molecule has 6 nitrogen and oxygen atoms in total. The fourth-order valence-electron chi connectivity index (χ4n) is 4.29. The quantitative estimate of drug-likeness (QED) is 0.297. The molecule has 0 aliphatic carbocycles. The number of ketones is 1. The van der Waals surface area contributed by atoms with Crippen LogP contribution < -0.4 is 14.4 Å². The number of methoxy groups -OCH3 is 2. The molecule has 1 unspecified atom stereocenters. The minimum atomic E-state index is -0.827. The largest absolute Gasteiger partial charge is 0.507 e. The van der Waals surface area contributed by atoms with Gasteiger partial charge in [0.05, 0.1) is 31.4 Å². The van der Waals surface area contributed by atoms with Crippen LogP contribution >= 0.6 is 0 Å². The van der Waals surface area contributed by atoms with Gasteiger partial charge < -0.3 is 14.6 Å². The fourth-order valence-corrected chi connectivity index (χ4v) is 4.29. The second kappa shape index (κ2) is 9.29. The van der Waals surface area contributed by atoms with Gasteiger partial charge in [0.2, 0.25) is 0 Å². The van der Waals surface area contributed by atoms with E-state index in [0.717, 1.165) is 5.56 Å². The number of carbonyl (C=O) groups excluding carboxylic acids is 2. The molecule has 1 aliphatic heterocycles. The number of anilines is 1. The van der Waals surface area contributed by atoms with Crippen molar-refractivity contribution in [3.8, 4) is 11.5 Å². The Hall–Kier alpha value is -4.06. The zero-order chi connectivity index (χ0) is 25.3. The Balaban J connectivity index is 1.98. The Labute approximate surface area is 205 Å². The van der Waals surface area contributed by atoms with Crippen molar-refractivity contribution in [2.75, 3.05) is 19.1 Å². The summed E-state index contributed by atoms with van der Waals surface area (Å²) in [5, 5.41) is 11.6.